The molecule has 2 rings (SSSR count). The lowest BCUT2D eigenvalue weighted by atomic mass is 9.97. The van der Waals surface area contributed by atoms with Crippen LogP contribution in [0.3, 0.4) is 0 Å². The van der Waals surface area contributed by atoms with E-state index < -0.39 is 5.60 Å². The third kappa shape index (κ3) is 2.37. The monoisotopic (exact) mass is 210 g/mol. The summed E-state index contributed by atoms with van der Waals surface area (Å²) >= 11 is 0. The fraction of sp³-hybridized carbons (Fsp3) is 0.818. The Balaban J connectivity index is 2.02. The number of rotatable bonds is 3. The molecule has 0 aromatic carbocycles. The van der Waals surface area contributed by atoms with Gasteiger partial charge in [-0.25, -0.2) is 0 Å². The second-order valence-corrected chi connectivity index (χ2v) is 4.71. The molecule has 0 radical (unpaired) electrons. The van der Waals surface area contributed by atoms with Gasteiger partial charge >= 0.3 is 0 Å². The standard InChI is InChI=1S/C11H18N2O2/c1-3-9-12-10(15-13-9)7-11(14)5-4-8(2)6-11/h8,14H,3-7H2,1-2H3/t8-,11+/m0/s1. The Hall–Kier alpha value is -0.900. The third-order valence-electron chi connectivity index (χ3n) is 3.14. The van der Waals surface area contributed by atoms with Crippen molar-refractivity contribution in [3.63, 3.8) is 0 Å². The van der Waals surface area contributed by atoms with Crippen molar-refractivity contribution in [3.8, 4) is 0 Å². The maximum atomic E-state index is 10.3. The van der Waals surface area contributed by atoms with Crippen LogP contribution >= 0.6 is 0 Å². The van der Waals surface area contributed by atoms with Crippen molar-refractivity contribution in [2.45, 2.75) is 51.6 Å². The van der Waals surface area contributed by atoms with E-state index in [4.69, 9.17) is 4.52 Å². The van der Waals surface area contributed by atoms with E-state index in [1.807, 2.05) is 6.92 Å². The van der Waals surface area contributed by atoms with Gasteiger partial charge in [-0.1, -0.05) is 19.0 Å². The van der Waals surface area contributed by atoms with Crippen molar-refractivity contribution < 1.29 is 9.63 Å². The summed E-state index contributed by atoms with van der Waals surface area (Å²) in [7, 11) is 0. The summed E-state index contributed by atoms with van der Waals surface area (Å²) < 4.78 is 5.10. The van der Waals surface area contributed by atoms with Crippen LogP contribution in [-0.4, -0.2) is 20.8 Å². The topological polar surface area (TPSA) is 59.2 Å². The van der Waals surface area contributed by atoms with Crippen molar-refractivity contribution in [2.75, 3.05) is 0 Å². The minimum atomic E-state index is -0.614. The Morgan fingerprint density at radius 3 is 2.93 bits per heavy atom. The largest absolute Gasteiger partial charge is 0.389 e. The van der Waals surface area contributed by atoms with E-state index >= 15 is 0 Å². The lowest BCUT2D eigenvalue weighted by Crippen LogP contribution is -2.27. The first-order chi connectivity index (χ1) is 7.11. The minimum absolute atomic E-state index is 0.504. The molecule has 15 heavy (non-hydrogen) atoms. The van der Waals surface area contributed by atoms with Gasteiger partial charge in [0, 0.05) is 6.42 Å². The predicted octanol–water partition coefficient (Wildman–Crippen LogP) is 1.73. The van der Waals surface area contributed by atoms with Gasteiger partial charge in [-0.05, 0) is 25.2 Å². The smallest absolute Gasteiger partial charge is 0.229 e. The second kappa shape index (κ2) is 3.93. The molecule has 4 heteroatoms. The van der Waals surface area contributed by atoms with E-state index in [2.05, 4.69) is 17.1 Å². The van der Waals surface area contributed by atoms with Crippen LogP contribution in [0.1, 0.15) is 44.8 Å². The lowest BCUT2D eigenvalue weighted by molar-refractivity contribution is 0.0368. The van der Waals surface area contributed by atoms with E-state index in [9.17, 15) is 5.11 Å². The Morgan fingerprint density at radius 1 is 1.60 bits per heavy atom. The molecular weight excluding hydrogens is 192 g/mol. The zero-order chi connectivity index (χ0) is 10.9. The predicted molar refractivity (Wildman–Crippen MR) is 55.3 cm³/mol. The molecule has 1 aromatic rings. The van der Waals surface area contributed by atoms with Crippen molar-refractivity contribution in [3.05, 3.63) is 11.7 Å². The molecule has 4 nitrogen and oxygen atoms in total. The van der Waals surface area contributed by atoms with Crippen molar-refractivity contribution in [1.82, 2.24) is 10.1 Å². The van der Waals surface area contributed by atoms with Gasteiger partial charge in [0.05, 0.1) is 12.0 Å². The molecule has 0 amide bonds. The Bertz CT molecular complexity index is 337. The van der Waals surface area contributed by atoms with Crippen LogP contribution < -0.4 is 0 Å². The first-order valence-electron chi connectivity index (χ1n) is 5.65. The van der Waals surface area contributed by atoms with Crippen LogP contribution in [-0.2, 0) is 12.8 Å². The molecule has 1 N–H and O–H groups in total. The van der Waals surface area contributed by atoms with Crippen molar-refractivity contribution in [1.29, 1.82) is 0 Å². The molecule has 1 fully saturated rings. The molecule has 1 aromatic heterocycles. The average Bonchev–Trinajstić information content (AvgIpc) is 2.74. The van der Waals surface area contributed by atoms with E-state index in [0.29, 0.717) is 18.2 Å². The Kier molecular flexibility index (Phi) is 2.78. The van der Waals surface area contributed by atoms with Gasteiger partial charge in [-0.15, -0.1) is 0 Å². The van der Waals surface area contributed by atoms with E-state index in [1.165, 1.54) is 0 Å². The number of aromatic nitrogens is 2. The number of aryl methyl sites for hydroxylation is 1. The van der Waals surface area contributed by atoms with Gasteiger partial charge in [-0.3, -0.25) is 0 Å². The summed E-state index contributed by atoms with van der Waals surface area (Å²) in [6.45, 7) is 4.16. The maximum absolute atomic E-state index is 10.3. The molecule has 1 heterocycles. The lowest BCUT2D eigenvalue weighted by Gasteiger charge is -2.19. The van der Waals surface area contributed by atoms with Crippen LogP contribution in [0.15, 0.2) is 4.52 Å². The van der Waals surface area contributed by atoms with Gasteiger partial charge < -0.3 is 9.63 Å². The van der Waals surface area contributed by atoms with Gasteiger partial charge in [0.15, 0.2) is 5.82 Å². The highest BCUT2D eigenvalue weighted by molar-refractivity contribution is 4.97. The number of hydrogen-bond donors (Lipinski definition) is 1. The van der Waals surface area contributed by atoms with Crippen LogP contribution in [0.2, 0.25) is 0 Å². The summed E-state index contributed by atoms with van der Waals surface area (Å²) in [5, 5.41) is 14.1. The average molecular weight is 210 g/mol. The quantitative estimate of drug-likeness (QED) is 0.825. The molecule has 0 bridgehead atoms. The minimum Gasteiger partial charge on any atom is -0.389 e. The molecule has 2 atom stereocenters. The van der Waals surface area contributed by atoms with Crippen molar-refractivity contribution in [2.24, 2.45) is 5.92 Å². The summed E-state index contributed by atoms with van der Waals surface area (Å²) in [6, 6.07) is 0. The fourth-order valence-electron chi connectivity index (χ4n) is 2.32. The highest BCUT2D eigenvalue weighted by Crippen LogP contribution is 2.36. The van der Waals surface area contributed by atoms with Gasteiger partial charge in [0.1, 0.15) is 0 Å². The SMILES string of the molecule is CCc1noc(C[C@@]2(O)CC[C@H](C)C2)n1. The van der Waals surface area contributed by atoms with Crippen LogP contribution in [0, 0.1) is 5.92 Å². The second-order valence-electron chi connectivity index (χ2n) is 4.71. The normalized spacial score (nSPS) is 31.0. The number of hydrogen-bond acceptors (Lipinski definition) is 4. The summed E-state index contributed by atoms with van der Waals surface area (Å²) in [4.78, 5) is 4.22. The summed E-state index contributed by atoms with van der Waals surface area (Å²) in [6.07, 6.45) is 4.06. The highest BCUT2D eigenvalue weighted by Gasteiger charge is 2.36. The Morgan fingerprint density at radius 2 is 2.40 bits per heavy atom. The summed E-state index contributed by atoms with van der Waals surface area (Å²) in [5.41, 5.74) is -0.614. The molecule has 0 aliphatic heterocycles. The highest BCUT2D eigenvalue weighted by atomic mass is 16.5. The van der Waals surface area contributed by atoms with E-state index in [0.717, 1.165) is 31.5 Å². The first-order valence-corrected chi connectivity index (χ1v) is 5.65. The molecular formula is C11H18N2O2. The van der Waals surface area contributed by atoms with E-state index in [-0.39, 0.29) is 0 Å². The zero-order valence-corrected chi connectivity index (χ0v) is 9.36. The van der Waals surface area contributed by atoms with Gasteiger partial charge in [-0.2, -0.15) is 4.98 Å². The molecule has 1 aliphatic rings. The molecule has 0 saturated heterocycles. The molecule has 1 aliphatic carbocycles. The van der Waals surface area contributed by atoms with Crippen LogP contribution in [0.4, 0.5) is 0 Å². The molecule has 1 saturated carbocycles. The van der Waals surface area contributed by atoms with Gasteiger partial charge in [0.2, 0.25) is 5.89 Å². The molecule has 0 spiro atoms. The number of aliphatic hydroxyl groups is 1. The third-order valence-corrected chi connectivity index (χ3v) is 3.14. The number of nitrogens with zero attached hydrogens (tertiary/aromatic N) is 2. The van der Waals surface area contributed by atoms with Crippen LogP contribution in [0.25, 0.3) is 0 Å². The van der Waals surface area contributed by atoms with Gasteiger partial charge in [0.25, 0.3) is 0 Å². The van der Waals surface area contributed by atoms with E-state index in [1.54, 1.807) is 0 Å². The first kappa shape index (κ1) is 10.6. The summed E-state index contributed by atoms with van der Waals surface area (Å²) in [5.74, 6) is 1.90. The van der Waals surface area contributed by atoms with Crippen LogP contribution in [0.5, 0.6) is 0 Å². The Labute approximate surface area is 89.7 Å². The molecule has 0 unspecified atom stereocenters. The fourth-order valence-corrected chi connectivity index (χ4v) is 2.32. The molecule has 84 valence electrons. The maximum Gasteiger partial charge on any atom is 0.229 e. The zero-order valence-electron chi connectivity index (χ0n) is 9.36. The van der Waals surface area contributed by atoms with Crippen molar-refractivity contribution >= 4 is 0 Å².